The second kappa shape index (κ2) is 9.15. The summed E-state index contributed by atoms with van der Waals surface area (Å²) in [5.41, 5.74) is 3.46. The van der Waals surface area contributed by atoms with Crippen molar-refractivity contribution in [1.82, 2.24) is 10.2 Å². The number of likely N-dealkylation sites (N-methyl/N-ethyl adjacent to an activating group) is 1. The van der Waals surface area contributed by atoms with Crippen LogP contribution in [0.1, 0.15) is 35.7 Å². The number of hydrogen-bond acceptors (Lipinski definition) is 2. The zero-order valence-electron chi connectivity index (χ0n) is 15.9. The molecule has 3 rings (SSSR count). The lowest BCUT2D eigenvalue weighted by Crippen LogP contribution is -2.38. The summed E-state index contributed by atoms with van der Waals surface area (Å²) in [4.78, 5) is 14.7. The van der Waals surface area contributed by atoms with Gasteiger partial charge in [-0.25, -0.2) is 0 Å². The van der Waals surface area contributed by atoms with Gasteiger partial charge in [0.05, 0.1) is 18.6 Å². The standard InChI is InChI=1S/C24H26N2O/c1-19(20-12-6-3-7-13-20)25-23(27)18-26(2)24(21-14-8-4-9-15-21)22-16-10-5-11-17-22/h3-17,19,24H,18H2,1-2H3,(H,25,27). The van der Waals surface area contributed by atoms with Crippen LogP contribution in [-0.2, 0) is 4.79 Å². The highest BCUT2D eigenvalue weighted by atomic mass is 16.2. The lowest BCUT2D eigenvalue weighted by Gasteiger charge is -2.29. The molecule has 0 aromatic heterocycles. The van der Waals surface area contributed by atoms with Gasteiger partial charge in [-0.3, -0.25) is 9.69 Å². The first kappa shape index (κ1) is 18.9. The predicted octanol–water partition coefficient (Wildman–Crippen LogP) is 4.59. The van der Waals surface area contributed by atoms with Crippen LogP contribution in [0.5, 0.6) is 0 Å². The van der Waals surface area contributed by atoms with Gasteiger partial charge in [-0.05, 0) is 30.7 Å². The minimum absolute atomic E-state index is 0.0148. The van der Waals surface area contributed by atoms with E-state index in [1.165, 1.54) is 11.1 Å². The molecule has 0 bridgehead atoms. The molecule has 0 fully saturated rings. The van der Waals surface area contributed by atoms with Crippen LogP contribution in [-0.4, -0.2) is 24.4 Å². The maximum absolute atomic E-state index is 12.7. The highest BCUT2D eigenvalue weighted by molar-refractivity contribution is 5.78. The quantitative estimate of drug-likeness (QED) is 0.670. The Morgan fingerprint density at radius 1 is 0.778 bits per heavy atom. The van der Waals surface area contributed by atoms with Gasteiger partial charge in [0.1, 0.15) is 0 Å². The molecule has 1 N–H and O–H groups in total. The van der Waals surface area contributed by atoms with Crippen molar-refractivity contribution in [2.24, 2.45) is 0 Å². The first-order valence-corrected chi connectivity index (χ1v) is 9.29. The number of nitrogens with one attached hydrogen (secondary N) is 1. The summed E-state index contributed by atoms with van der Waals surface area (Å²) in [5, 5.41) is 3.10. The molecule has 3 aromatic rings. The van der Waals surface area contributed by atoms with Crippen molar-refractivity contribution >= 4 is 5.91 Å². The van der Waals surface area contributed by atoms with Crippen molar-refractivity contribution in [2.45, 2.75) is 19.0 Å². The molecule has 0 aliphatic rings. The summed E-state index contributed by atoms with van der Waals surface area (Å²) >= 11 is 0. The lowest BCUT2D eigenvalue weighted by molar-refractivity contribution is -0.122. The molecular weight excluding hydrogens is 332 g/mol. The minimum atomic E-state index is -0.0148. The largest absolute Gasteiger partial charge is 0.348 e. The van der Waals surface area contributed by atoms with Gasteiger partial charge in [-0.15, -0.1) is 0 Å². The van der Waals surface area contributed by atoms with Crippen molar-refractivity contribution in [3.05, 3.63) is 108 Å². The van der Waals surface area contributed by atoms with E-state index >= 15 is 0 Å². The molecule has 3 aromatic carbocycles. The number of nitrogens with zero attached hydrogens (tertiary/aromatic N) is 1. The van der Waals surface area contributed by atoms with E-state index in [1.807, 2.05) is 80.7 Å². The van der Waals surface area contributed by atoms with Crippen LogP contribution < -0.4 is 5.32 Å². The van der Waals surface area contributed by atoms with Gasteiger partial charge in [-0.1, -0.05) is 91.0 Å². The number of rotatable bonds is 7. The van der Waals surface area contributed by atoms with Crippen molar-refractivity contribution in [2.75, 3.05) is 13.6 Å². The van der Waals surface area contributed by atoms with Gasteiger partial charge in [0.15, 0.2) is 0 Å². The molecule has 1 amide bonds. The number of carbonyl (C=O) groups excluding carboxylic acids is 1. The predicted molar refractivity (Wildman–Crippen MR) is 110 cm³/mol. The molecule has 138 valence electrons. The third kappa shape index (κ3) is 5.05. The van der Waals surface area contributed by atoms with Crippen LogP contribution in [0.15, 0.2) is 91.0 Å². The van der Waals surface area contributed by atoms with Crippen molar-refractivity contribution in [1.29, 1.82) is 0 Å². The summed E-state index contributed by atoms with van der Waals surface area (Å²) in [6.07, 6.45) is 0. The van der Waals surface area contributed by atoms with Gasteiger partial charge < -0.3 is 5.32 Å². The zero-order valence-corrected chi connectivity index (χ0v) is 15.9. The van der Waals surface area contributed by atoms with E-state index in [0.717, 1.165) is 5.56 Å². The molecule has 0 heterocycles. The Bertz CT molecular complexity index is 795. The Morgan fingerprint density at radius 3 is 1.63 bits per heavy atom. The Labute approximate surface area is 161 Å². The average Bonchev–Trinajstić information content (AvgIpc) is 2.70. The summed E-state index contributed by atoms with van der Waals surface area (Å²) < 4.78 is 0. The first-order chi connectivity index (χ1) is 13.1. The van der Waals surface area contributed by atoms with Crippen LogP contribution in [0, 0.1) is 0 Å². The normalized spacial score (nSPS) is 12.1. The smallest absolute Gasteiger partial charge is 0.234 e. The first-order valence-electron chi connectivity index (χ1n) is 9.29. The van der Waals surface area contributed by atoms with Crippen molar-refractivity contribution in [3.63, 3.8) is 0 Å². The molecule has 0 saturated heterocycles. The van der Waals surface area contributed by atoms with E-state index in [1.54, 1.807) is 0 Å². The Hall–Kier alpha value is -2.91. The monoisotopic (exact) mass is 358 g/mol. The molecule has 0 saturated carbocycles. The van der Waals surface area contributed by atoms with E-state index < -0.39 is 0 Å². The molecule has 1 unspecified atom stereocenters. The van der Waals surface area contributed by atoms with Crippen LogP contribution in [0.4, 0.5) is 0 Å². The third-order valence-electron chi connectivity index (χ3n) is 4.74. The molecular formula is C24H26N2O. The van der Waals surface area contributed by atoms with Gasteiger partial charge in [0.2, 0.25) is 5.91 Å². The fraction of sp³-hybridized carbons (Fsp3) is 0.208. The highest BCUT2D eigenvalue weighted by Gasteiger charge is 2.21. The topological polar surface area (TPSA) is 32.3 Å². The van der Waals surface area contributed by atoms with E-state index in [4.69, 9.17) is 0 Å². The Kier molecular flexibility index (Phi) is 6.39. The number of hydrogen-bond donors (Lipinski definition) is 1. The fourth-order valence-corrected chi connectivity index (χ4v) is 3.40. The van der Waals surface area contributed by atoms with E-state index in [-0.39, 0.29) is 18.0 Å². The minimum Gasteiger partial charge on any atom is -0.348 e. The van der Waals surface area contributed by atoms with E-state index in [0.29, 0.717) is 6.54 Å². The molecule has 0 aliphatic carbocycles. The third-order valence-corrected chi connectivity index (χ3v) is 4.74. The number of carbonyl (C=O) groups is 1. The van der Waals surface area contributed by atoms with Crippen molar-refractivity contribution < 1.29 is 4.79 Å². The second-order valence-corrected chi connectivity index (χ2v) is 6.84. The summed E-state index contributed by atoms with van der Waals surface area (Å²) in [5.74, 6) is 0.0192. The average molecular weight is 358 g/mol. The molecule has 0 aliphatic heterocycles. The van der Waals surface area contributed by atoms with Gasteiger partial charge >= 0.3 is 0 Å². The molecule has 3 nitrogen and oxygen atoms in total. The highest BCUT2D eigenvalue weighted by Crippen LogP contribution is 2.27. The molecule has 3 heteroatoms. The Morgan fingerprint density at radius 2 is 1.19 bits per heavy atom. The van der Waals surface area contributed by atoms with E-state index in [9.17, 15) is 4.79 Å². The van der Waals surface area contributed by atoms with Crippen LogP contribution in [0.3, 0.4) is 0 Å². The second-order valence-electron chi connectivity index (χ2n) is 6.84. The van der Waals surface area contributed by atoms with Gasteiger partial charge in [0.25, 0.3) is 0 Å². The number of amides is 1. The molecule has 0 radical (unpaired) electrons. The lowest BCUT2D eigenvalue weighted by atomic mass is 9.97. The fourth-order valence-electron chi connectivity index (χ4n) is 3.40. The van der Waals surface area contributed by atoms with Crippen LogP contribution in [0.2, 0.25) is 0 Å². The maximum Gasteiger partial charge on any atom is 0.234 e. The number of benzene rings is 3. The zero-order chi connectivity index (χ0) is 19.1. The summed E-state index contributed by atoms with van der Waals surface area (Å²) in [6.45, 7) is 2.34. The van der Waals surface area contributed by atoms with Gasteiger partial charge in [-0.2, -0.15) is 0 Å². The van der Waals surface area contributed by atoms with Crippen LogP contribution in [0.25, 0.3) is 0 Å². The molecule has 0 spiro atoms. The molecule has 1 atom stereocenters. The van der Waals surface area contributed by atoms with Crippen molar-refractivity contribution in [3.8, 4) is 0 Å². The maximum atomic E-state index is 12.7. The summed E-state index contributed by atoms with van der Waals surface area (Å²) in [7, 11) is 2.00. The van der Waals surface area contributed by atoms with Crippen LogP contribution >= 0.6 is 0 Å². The molecule has 27 heavy (non-hydrogen) atoms. The Balaban J connectivity index is 1.73. The summed E-state index contributed by atoms with van der Waals surface area (Å²) in [6, 6.07) is 30.7. The van der Waals surface area contributed by atoms with E-state index in [2.05, 4.69) is 34.5 Å². The SMILES string of the molecule is CC(NC(=O)CN(C)C(c1ccccc1)c1ccccc1)c1ccccc1. The van der Waals surface area contributed by atoms with Gasteiger partial charge in [0, 0.05) is 0 Å².